The Morgan fingerprint density at radius 1 is 1.41 bits per heavy atom. The number of nitrogens with one attached hydrogen (secondary N) is 2. The molecule has 7 heteroatoms. The van der Waals surface area contributed by atoms with Gasteiger partial charge in [0.15, 0.2) is 5.16 Å². The number of nitrogens with zero attached hydrogens (tertiary/aromatic N) is 3. The second-order valence-corrected chi connectivity index (χ2v) is 8.63. The lowest BCUT2D eigenvalue weighted by molar-refractivity contribution is -0.130. The molecule has 0 spiro atoms. The van der Waals surface area contributed by atoms with Gasteiger partial charge in [0.25, 0.3) is 0 Å². The average molecular weight is 386 g/mol. The summed E-state index contributed by atoms with van der Waals surface area (Å²) in [5.74, 6) is 1.43. The number of aromatic nitrogens is 2. The Balaban J connectivity index is 1.32. The van der Waals surface area contributed by atoms with Gasteiger partial charge in [0.2, 0.25) is 5.91 Å². The highest BCUT2D eigenvalue weighted by molar-refractivity contribution is 7.99. The zero-order chi connectivity index (χ0) is 18.7. The van der Waals surface area contributed by atoms with Crippen LogP contribution in [0.1, 0.15) is 5.56 Å². The van der Waals surface area contributed by atoms with Gasteiger partial charge in [0, 0.05) is 70.4 Å². The van der Waals surface area contributed by atoms with Crippen molar-refractivity contribution in [1.29, 1.82) is 0 Å². The van der Waals surface area contributed by atoms with E-state index in [1.165, 1.54) is 5.56 Å². The summed E-state index contributed by atoms with van der Waals surface area (Å²) in [4.78, 5) is 19.8. The molecule has 1 amide bonds. The Morgan fingerprint density at radius 2 is 2.26 bits per heavy atom. The minimum Gasteiger partial charge on any atom is -0.355 e. The molecule has 27 heavy (non-hydrogen) atoms. The minimum atomic E-state index is -0.289. The lowest BCUT2D eigenvalue weighted by Gasteiger charge is -2.27. The summed E-state index contributed by atoms with van der Waals surface area (Å²) in [5.41, 5.74) is 1.02. The summed E-state index contributed by atoms with van der Waals surface area (Å²) in [5, 5.41) is 7.62. The van der Waals surface area contributed by atoms with Gasteiger partial charge in [0.05, 0.1) is 5.41 Å². The highest BCUT2D eigenvalue weighted by atomic mass is 32.2. The van der Waals surface area contributed by atoms with Gasteiger partial charge in [0.1, 0.15) is 0 Å². The first-order valence-electron chi connectivity index (χ1n) is 9.53. The molecule has 0 saturated carbocycles. The zero-order valence-electron chi connectivity index (χ0n) is 15.7. The van der Waals surface area contributed by atoms with E-state index in [1.807, 2.05) is 23.9 Å². The molecule has 6 nitrogen and oxygen atoms in total. The predicted octanol–water partition coefficient (Wildman–Crippen LogP) is 1.35. The van der Waals surface area contributed by atoms with E-state index in [4.69, 9.17) is 0 Å². The van der Waals surface area contributed by atoms with Gasteiger partial charge in [-0.2, -0.15) is 0 Å². The van der Waals surface area contributed by atoms with Crippen molar-refractivity contribution in [3.63, 3.8) is 0 Å². The largest absolute Gasteiger partial charge is 0.355 e. The predicted molar refractivity (Wildman–Crippen MR) is 107 cm³/mol. The topological polar surface area (TPSA) is 62.2 Å². The van der Waals surface area contributed by atoms with Gasteiger partial charge in [-0.25, -0.2) is 4.98 Å². The van der Waals surface area contributed by atoms with Crippen LogP contribution in [0.15, 0.2) is 47.9 Å². The third kappa shape index (κ3) is 3.90. The summed E-state index contributed by atoms with van der Waals surface area (Å²) < 4.78 is 2.00. The lowest BCUT2D eigenvalue weighted by Crippen LogP contribution is -2.47. The molecule has 4 rings (SSSR count). The van der Waals surface area contributed by atoms with Gasteiger partial charge in [-0.3, -0.25) is 9.69 Å². The molecule has 2 aliphatic rings. The number of aryl methyl sites for hydroxylation is 1. The van der Waals surface area contributed by atoms with Crippen molar-refractivity contribution < 1.29 is 4.79 Å². The van der Waals surface area contributed by atoms with E-state index in [0.717, 1.165) is 43.6 Å². The van der Waals surface area contributed by atoms with Gasteiger partial charge >= 0.3 is 0 Å². The molecule has 0 unspecified atom stereocenters. The van der Waals surface area contributed by atoms with Crippen LogP contribution < -0.4 is 10.6 Å². The highest BCUT2D eigenvalue weighted by Gasteiger charge is 2.54. The van der Waals surface area contributed by atoms with Gasteiger partial charge in [-0.1, -0.05) is 42.1 Å². The molecule has 0 radical (unpaired) electrons. The number of hydrogen-bond donors (Lipinski definition) is 2. The van der Waals surface area contributed by atoms with E-state index in [9.17, 15) is 4.79 Å². The van der Waals surface area contributed by atoms with Crippen LogP contribution in [0.4, 0.5) is 0 Å². The number of benzene rings is 1. The number of hydrogen-bond acceptors (Lipinski definition) is 5. The Labute approximate surface area is 164 Å². The number of fused-ring (bicyclic) bond motifs is 1. The molecule has 2 N–H and O–H groups in total. The number of amides is 1. The maximum absolute atomic E-state index is 13.1. The van der Waals surface area contributed by atoms with Crippen molar-refractivity contribution in [3.8, 4) is 0 Å². The van der Waals surface area contributed by atoms with Crippen LogP contribution in [-0.2, 0) is 18.4 Å². The van der Waals surface area contributed by atoms with Crippen molar-refractivity contribution >= 4 is 17.7 Å². The maximum Gasteiger partial charge on any atom is 0.229 e. The molecule has 2 aromatic rings. The number of likely N-dealkylation sites (tertiary alicyclic amines) is 1. The number of carbonyl (C=O) groups is 1. The van der Waals surface area contributed by atoms with Crippen LogP contribution in [0.5, 0.6) is 0 Å². The first-order valence-corrected chi connectivity index (χ1v) is 10.5. The molecule has 0 bridgehead atoms. The second kappa shape index (κ2) is 8.04. The van der Waals surface area contributed by atoms with Gasteiger partial charge < -0.3 is 15.2 Å². The Bertz CT molecular complexity index is 780. The molecular weight excluding hydrogens is 358 g/mol. The lowest BCUT2D eigenvalue weighted by atomic mass is 9.80. The first-order chi connectivity index (χ1) is 13.2. The highest BCUT2D eigenvalue weighted by Crippen LogP contribution is 2.39. The number of carbonyl (C=O) groups excluding carboxylic acids is 1. The third-order valence-corrected chi connectivity index (χ3v) is 6.75. The Kier molecular flexibility index (Phi) is 5.52. The SMILES string of the molecule is Cn1ccnc1SCCNC(=O)[C@@]12CNC[C@@H]1CN(Cc1ccccc1)C2. The number of imidazole rings is 1. The maximum atomic E-state index is 13.1. The molecule has 1 aromatic heterocycles. The van der Waals surface area contributed by atoms with Crippen molar-refractivity contribution in [2.75, 3.05) is 38.5 Å². The molecule has 2 fully saturated rings. The Hall–Kier alpha value is -1.83. The summed E-state index contributed by atoms with van der Waals surface area (Å²) in [6.45, 7) is 5.11. The summed E-state index contributed by atoms with van der Waals surface area (Å²) in [6.07, 6.45) is 3.74. The number of rotatable bonds is 7. The quantitative estimate of drug-likeness (QED) is 0.557. The van der Waals surface area contributed by atoms with Crippen molar-refractivity contribution in [2.45, 2.75) is 11.7 Å². The van der Waals surface area contributed by atoms with E-state index in [-0.39, 0.29) is 11.3 Å². The normalized spacial score (nSPS) is 24.9. The second-order valence-electron chi connectivity index (χ2n) is 7.56. The average Bonchev–Trinajstić information content (AvgIpc) is 3.34. The van der Waals surface area contributed by atoms with E-state index in [0.29, 0.717) is 12.5 Å². The van der Waals surface area contributed by atoms with Gasteiger partial charge in [-0.05, 0) is 5.56 Å². The van der Waals surface area contributed by atoms with E-state index in [2.05, 4.69) is 44.8 Å². The Morgan fingerprint density at radius 3 is 3.04 bits per heavy atom. The molecular formula is C20H27N5OS. The van der Waals surface area contributed by atoms with Crippen LogP contribution in [-0.4, -0.2) is 58.8 Å². The smallest absolute Gasteiger partial charge is 0.229 e. The van der Waals surface area contributed by atoms with Crippen LogP contribution >= 0.6 is 11.8 Å². The third-order valence-electron chi connectivity index (χ3n) is 5.69. The van der Waals surface area contributed by atoms with Gasteiger partial charge in [-0.15, -0.1) is 0 Å². The van der Waals surface area contributed by atoms with E-state index in [1.54, 1.807) is 18.0 Å². The van der Waals surface area contributed by atoms with Crippen LogP contribution in [0, 0.1) is 11.3 Å². The fourth-order valence-electron chi connectivity index (χ4n) is 4.28. The molecule has 3 heterocycles. The summed E-state index contributed by atoms with van der Waals surface area (Å²) >= 11 is 1.67. The fourth-order valence-corrected chi connectivity index (χ4v) is 5.07. The first kappa shape index (κ1) is 18.5. The van der Waals surface area contributed by atoms with E-state index >= 15 is 0 Å². The molecule has 2 aliphatic heterocycles. The molecule has 1 aromatic carbocycles. The van der Waals surface area contributed by atoms with Crippen LogP contribution in [0.3, 0.4) is 0 Å². The summed E-state index contributed by atoms with van der Waals surface area (Å²) in [7, 11) is 1.99. The van der Waals surface area contributed by atoms with Crippen molar-refractivity contribution in [2.24, 2.45) is 18.4 Å². The molecule has 2 saturated heterocycles. The monoisotopic (exact) mass is 385 g/mol. The van der Waals surface area contributed by atoms with Crippen molar-refractivity contribution in [1.82, 2.24) is 25.1 Å². The van der Waals surface area contributed by atoms with Crippen LogP contribution in [0.2, 0.25) is 0 Å². The molecule has 144 valence electrons. The fraction of sp³-hybridized carbons (Fsp3) is 0.500. The van der Waals surface area contributed by atoms with E-state index < -0.39 is 0 Å². The minimum absolute atomic E-state index is 0.202. The zero-order valence-corrected chi connectivity index (χ0v) is 16.5. The molecule has 0 aliphatic carbocycles. The standard InChI is InChI=1S/C20H27N5OS/c1-24-9-7-23-19(24)27-10-8-22-18(26)20-14-21-11-17(20)13-25(15-20)12-16-5-3-2-4-6-16/h2-7,9,17,21H,8,10-15H2,1H3,(H,22,26)/t17-,20-/m1/s1. The summed E-state index contributed by atoms with van der Waals surface area (Å²) in [6, 6.07) is 10.5. The van der Waals surface area contributed by atoms with Crippen LogP contribution in [0.25, 0.3) is 0 Å². The van der Waals surface area contributed by atoms with Crippen molar-refractivity contribution in [3.05, 3.63) is 48.3 Å². The molecule has 2 atom stereocenters. The number of thioether (sulfide) groups is 1.